The van der Waals surface area contributed by atoms with Crippen LogP contribution >= 0.6 is 12.6 Å². The Morgan fingerprint density at radius 3 is 2.71 bits per heavy atom. The van der Waals surface area contributed by atoms with E-state index in [9.17, 15) is 9.59 Å². The van der Waals surface area contributed by atoms with Gasteiger partial charge in [0, 0.05) is 6.54 Å². The molecule has 1 aliphatic rings. The molecule has 0 radical (unpaired) electrons. The van der Waals surface area contributed by atoms with E-state index in [2.05, 4.69) is 26.1 Å². The number of hydrogen-bond donors (Lipinski definition) is 1. The summed E-state index contributed by atoms with van der Waals surface area (Å²) in [7, 11) is 0. The smallest absolute Gasteiger partial charge is 0.246 e. The van der Waals surface area contributed by atoms with Crippen LogP contribution in [0.2, 0.25) is 0 Å². The molecule has 0 aromatic rings. The first-order valence-corrected chi connectivity index (χ1v) is 5.20. The van der Waals surface area contributed by atoms with Crippen molar-refractivity contribution >= 4 is 23.7 Å². The maximum absolute atomic E-state index is 11.4. The van der Waals surface area contributed by atoms with Gasteiger partial charge < -0.3 is 4.90 Å². The summed E-state index contributed by atoms with van der Waals surface area (Å²) in [5.74, 6) is 0.244. The monoisotopic (exact) mass is 213 g/mol. The molecule has 0 aromatic heterocycles. The number of amides is 1. The minimum absolute atomic E-state index is 0.173. The second kappa shape index (κ2) is 4.64. The number of hydrogen-bond acceptors (Lipinski definition) is 2. The second-order valence-corrected chi connectivity index (χ2v) is 4.00. The highest BCUT2D eigenvalue weighted by Crippen LogP contribution is 2.27. The molecule has 0 aromatic carbocycles. The average molecular weight is 213 g/mol. The molecule has 78 valence electrons. The van der Waals surface area contributed by atoms with E-state index in [1.807, 2.05) is 0 Å². The molecular weight excluding hydrogens is 198 g/mol. The average Bonchev–Trinajstić information content (AvgIpc) is 2.60. The quantitative estimate of drug-likeness (QED) is 0.566. The molecular formula is C10H15NO2S. The number of carbonyl (C=O) groups is 2. The Balaban J connectivity index is 2.76. The van der Waals surface area contributed by atoms with Gasteiger partial charge in [-0.2, -0.15) is 0 Å². The molecule has 3 nitrogen and oxygen atoms in total. The number of carbonyl (C=O) groups excluding carboxylic acids is 2. The molecule has 1 fully saturated rings. The molecule has 0 unspecified atom stereocenters. The summed E-state index contributed by atoms with van der Waals surface area (Å²) >= 11 is 3.80. The highest BCUT2D eigenvalue weighted by molar-refractivity contribution is 7.96. The third-order valence-electron chi connectivity index (χ3n) is 2.71. The molecule has 0 bridgehead atoms. The highest BCUT2D eigenvalue weighted by Gasteiger charge is 2.36. The Morgan fingerprint density at radius 2 is 2.29 bits per heavy atom. The second-order valence-electron chi connectivity index (χ2n) is 3.56. The molecule has 0 saturated carbocycles. The molecule has 4 heteroatoms. The molecule has 1 heterocycles. The van der Waals surface area contributed by atoms with Crippen LogP contribution in [0.5, 0.6) is 0 Å². The predicted molar refractivity (Wildman–Crippen MR) is 58.1 cm³/mol. The van der Waals surface area contributed by atoms with Crippen LogP contribution in [-0.2, 0) is 9.59 Å². The summed E-state index contributed by atoms with van der Waals surface area (Å²) in [6, 6.07) is -0.353. The largest absolute Gasteiger partial charge is 0.328 e. The van der Waals surface area contributed by atoms with Crippen molar-refractivity contribution in [3.8, 4) is 0 Å². The van der Waals surface area contributed by atoms with Gasteiger partial charge in [-0.1, -0.05) is 19.9 Å². The lowest BCUT2D eigenvalue weighted by Crippen LogP contribution is -2.37. The van der Waals surface area contributed by atoms with Gasteiger partial charge >= 0.3 is 0 Å². The molecule has 0 N–H and O–H groups in total. The van der Waals surface area contributed by atoms with E-state index in [1.165, 1.54) is 6.08 Å². The Labute approximate surface area is 89.6 Å². The molecule has 2 atom stereocenters. The summed E-state index contributed by atoms with van der Waals surface area (Å²) < 4.78 is 0. The van der Waals surface area contributed by atoms with Crippen molar-refractivity contribution in [1.29, 1.82) is 0 Å². The van der Waals surface area contributed by atoms with Crippen LogP contribution in [0.3, 0.4) is 0 Å². The molecule has 0 aliphatic carbocycles. The first-order chi connectivity index (χ1) is 6.60. The van der Waals surface area contributed by atoms with Crippen LogP contribution in [0.1, 0.15) is 19.8 Å². The van der Waals surface area contributed by atoms with Crippen molar-refractivity contribution in [1.82, 2.24) is 4.90 Å². The van der Waals surface area contributed by atoms with Gasteiger partial charge in [-0.3, -0.25) is 9.59 Å². The highest BCUT2D eigenvalue weighted by atomic mass is 32.1. The summed E-state index contributed by atoms with van der Waals surface area (Å²) in [5.41, 5.74) is 0. The van der Waals surface area contributed by atoms with Gasteiger partial charge in [-0.05, 0) is 18.4 Å². The van der Waals surface area contributed by atoms with Gasteiger partial charge in [-0.15, -0.1) is 12.6 Å². The van der Waals surface area contributed by atoms with Crippen molar-refractivity contribution in [3.63, 3.8) is 0 Å². The third kappa shape index (κ3) is 2.18. The lowest BCUT2D eigenvalue weighted by molar-refractivity contribution is -0.130. The number of likely N-dealkylation sites (tertiary alicyclic amines) is 1. The first-order valence-electron chi connectivity index (χ1n) is 4.76. The zero-order chi connectivity index (χ0) is 10.7. The fourth-order valence-corrected chi connectivity index (χ4v) is 2.06. The number of thiol groups is 1. The zero-order valence-electron chi connectivity index (χ0n) is 8.27. The van der Waals surface area contributed by atoms with Crippen LogP contribution in [0.4, 0.5) is 0 Å². The van der Waals surface area contributed by atoms with Gasteiger partial charge in [0.05, 0.1) is 0 Å². The van der Waals surface area contributed by atoms with Gasteiger partial charge in [0.25, 0.3) is 0 Å². The van der Waals surface area contributed by atoms with E-state index in [4.69, 9.17) is 0 Å². The summed E-state index contributed by atoms with van der Waals surface area (Å²) in [6.07, 6.45) is 2.97. The molecule has 0 spiro atoms. The van der Waals surface area contributed by atoms with Crippen molar-refractivity contribution in [2.45, 2.75) is 25.8 Å². The van der Waals surface area contributed by atoms with E-state index in [1.54, 1.807) is 4.90 Å². The van der Waals surface area contributed by atoms with E-state index in [0.29, 0.717) is 12.5 Å². The normalized spacial score (nSPS) is 26.3. The van der Waals surface area contributed by atoms with Crippen LogP contribution in [0, 0.1) is 5.92 Å². The van der Waals surface area contributed by atoms with Crippen molar-refractivity contribution in [2.24, 2.45) is 5.92 Å². The van der Waals surface area contributed by atoms with E-state index >= 15 is 0 Å². The van der Waals surface area contributed by atoms with Crippen LogP contribution in [0.15, 0.2) is 12.7 Å². The van der Waals surface area contributed by atoms with E-state index in [0.717, 1.165) is 12.8 Å². The SMILES string of the molecule is C=CC(=O)N1C[C@H](CC)C[C@H]1C(=O)S. The maximum atomic E-state index is 11.4. The van der Waals surface area contributed by atoms with Crippen LogP contribution < -0.4 is 0 Å². The molecule has 1 rings (SSSR count). The summed E-state index contributed by atoms with van der Waals surface area (Å²) in [6.45, 7) is 6.14. The van der Waals surface area contributed by atoms with Crippen molar-refractivity contribution in [2.75, 3.05) is 6.54 Å². The van der Waals surface area contributed by atoms with Crippen LogP contribution in [-0.4, -0.2) is 28.5 Å². The minimum atomic E-state index is -0.353. The predicted octanol–water partition coefficient (Wildman–Crippen LogP) is 1.26. The fourth-order valence-electron chi connectivity index (χ4n) is 1.81. The lowest BCUT2D eigenvalue weighted by Gasteiger charge is -2.20. The molecule has 14 heavy (non-hydrogen) atoms. The minimum Gasteiger partial charge on any atom is -0.328 e. The van der Waals surface area contributed by atoms with Crippen molar-refractivity contribution < 1.29 is 9.59 Å². The molecule has 1 amide bonds. The van der Waals surface area contributed by atoms with E-state index in [-0.39, 0.29) is 17.1 Å². The Kier molecular flexibility index (Phi) is 3.75. The topological polar surface area (TPSA) is 37.4 Å². The van der Waals surface area contributed by atoms with Gasteiger partial charge in [0.1, 0.15) is 6.04 Å². The summed E-state index contributed by atoms with van der Waals surface area (Å²) in [5, 5.41) is -0.226. The lowest BCUT2D eigenvalue weighted by atomic mass is 10.0. The van der Waals surface area contributed by atoms with Crippen LogP contribution in [0.25, 0.3) is 0 Å². The zero-order valence-corrected chi connectivity index (χ0v) is 9.17. The third-order valence-corrected chi connectivity index (χ3v) is 3.01. The van der Waals surface area contributed by atoms with Crippen molar-refractivity contribution in [3.05, 3.63) is 12.7 Å². The Bertz CT molecular complexity index is 265. The fraction of sp³-hybridized carbons (Fsp3) is 0.600. The van der Waals surface area contributed by atoms with E-state index < -0.39 is 0 Å². The first kappa shape index (κ1) is 11.3. The van der Waals surface area contributed by atoms with Gasteiger partial charge in [-0.25, -0.2) is 0 Å². The molecule has 1 aliphatic heterocycles. The number of rotatable bonds is 3. The molecule has 1 saturated heterocycles. The Morgan fingerprint density at radius 1 is 1.64 bits per heavy atom. The number of nitrogens with zero attached hydrogens (tertiary/aromatic N) is 1. The van der Waals surface area contributed by atoms with Gasteiger partial charge in [0.15, 0.2) is 0 Å². The maximum Gasteiger partial charge on any atom is 0.246 e. The Hall–Kier alpha value is -0.770. The summed E-state index contributed by atoms with van der Waals surface area (Å²) in [4.78, 5) is 24.2. The van der Waals surface area contributed by atoms with Gasteiger partial charge in [0.2, 0.25) is 11.0 Å². The standard InChI is InChI=1S/C10H15NO2S/c1-3-7-5-8(10(13)14)11(6-7)9(12)4-2/h4,7-8H,2-3,5-6H2,1H3,(H,13,14)/t7-,8+/m1/s1.